The molecule has 140 valence electrons. The molecule has 1 aromatic heterocycles. The number of carbonyl (C=O) groups excluding carboxylic acids is 2. The van der Waals surface area contributed by atoms with Gasteiger partial charge in [0.25, 0.3) is 0 Å². The van der Waals surface area contributed by atoms with Crippen molar-refractivity contribution in [3.63, 3.8) is 0 Å². The summed E-state index contributed by atoms with van der Waals surface area (Å²) in [5.74, 6) is -2.23. The number of sulfone groups is 1. The molecule has 2 amide bonds. The Morgan fingerprint density at radius 1 is 1.12 bits per heavy atom. The van der Waals surface area contributed by atoms with Crippen LogP contribution in [0.1, 0.15) is 24.2 Å². The highest BCUT2D eigenvalue weighted by Crippen LogP contribution is 2.31. The van der Waals surface area contributed by atoms with Gasteiger partial charge in [0.05, 0.1) is 0 Å². The average Bonchev–Trinajstić information content (AvgIpc) is 3.16. The second kappa shape index (κ2) is 8.91. The van der Waals surface area contributed by atoms with Crippen molar-refractivity contribution in [1.29, 1.82) is 0 Å². The summed E-state index contributed by atoms with van der Waals surface area (Å²) >= 11 is 1.05. The lowest BCUT2D eigenvalue weighted by molar-refractivity contribution is -0.139. The summed E-state index contributed by atoms with van der Waals surface area (Å²) in [7, 11) is -3.81. The van der Waals surface area contributed by atoms with Crippen LogP contribution in [0.5, 0.6) is 0 Å². The maximum absolute atomic E-state index is 13.2. The zero-order chi connectivity index (χ0) is 19.2. The standard InChI is InChI=1S/C17H19FN2O4S2/c1-2-9-19-16(21)17(22)20-11-14(12-5-7-13(18)8-6-12)26(23,24)15-4-3-10-25-15/h3-8,10,14H,2,9,11H2,1H3,(H,19,21)(H,20,22)/t14-/m0/s1. The number of amides is 2. The van der Waals surface area contributed by atoms with Crippen LogP contribution < -0.4 is 10.6 Å². The first-order valence-electron chi connectivity index (χ1n) is 7.95. The largest absolute Gasteiger partial charge is 0.348 e. The lowest BCUT2D eigenvalue weighted by atomic mass is 10.1. The van der Waals surface area contributed by atoms with E-state index in [1.165, 1.54) is 18.2 Å². The van der Waals surface area contributed by atoms with Crippen LogP contribution in [-0.2, 0) is 19.4 Å². The van der Waals surface area contributed by atoms with E-state index in [-0.39, 0.29) is 10.8 Å². The highest BCUT2D eigenvalue weighted by Gasteiger charge is 2.31. The van der Waals surface area contributed by atoms with Crippen LogP contribution in [0, 0.1) is 5.82 Å². The second-order valence-electron chi connectivity index (χ2n) is 5.48. The van der Waals surface area contributed by atoms with E-state index in [2.05, 4.69) is 10.6 Å². The van der Waals surface area contributed by atoms with Crippen molar-refractivity contribution < 1.29 is 22.4 Å². The van der Waals surface area contributed by atoms with Crippen LogP contribution in [0.15, 0.2) is 46.0 Å². The number of halogens is 1. The van der Waals surface area contributed by atoms with Crippen molar-refractivity contribution >= 4 is 33.0 Å². The van der Waals surface area contributed by atoms with Gasteiger partial charge in [0.15, 0.2) is 9.84 Å². The Morgan fingerprint density at radius 3 is 2.35 bits per heavy atom. The summed E-state index contributed by atoms with van der Waals surface area (Å²) in [5.41, 5.74) is 0.328. The Kier molecular flexibility index (Phi) is 6.87. The van der Waals surface area contributed by atoms with Crippen LogP contribution in [0.2, 0.25) is 0 Å². The molecule has 0 radical (unpaired) electrons. The van der Waals surface area contributed by atoms with Crippen molar-refractivity contribution in [1.82, 2.24) is 10.6 Å². The maximum Gasteiger partial charge on any atom is 0.309 e. The van der Waals surface area contributed by atoms with Gasteiger partial charge >= 0.3 is 11.8 Å². The topological polar surface area (TPSA) is 92.3 Å². The monoisotopic (exact) mass is 398 g/mol. The first kappa shape index (κ1) is 20.1. The zero-order valence-electron chi connectivity index (χ0n) is 14.1. The number of rotatable bonds is 7. The van der Waals surface area contributed by atoms with Crippen LogP contribution in [0.3, 0.4) is 0 Å². The van der Waals surface area contributed by atoms with Gasteiger partial charge in [-0.1, -0.05) is 25.1 Å². The minimum absolute atomic E-state index is 0.136. The van der Waals surface area contributed by atoms with E-state index >= 15 is 0 Å². The normalized spacial score (nSPS) is 12.4. The SMILES string of the molecule is CCCNC(=O)C(=O)NC[C@@H](c1ccc(F)cc1)S(=O)(=O)c1cccs1. The fourth-order valence-electron chi connectivity index (χ4n) is 2.23. The number of benzene rings is 1. The molecule has 0 fully saturated rings. The van der Waals surface area contributed by atoms with Gasteiger partial charge in [-0.2, -0.15) is 0 Å². The molecule has 1 atom stereocenters. The van der Waals surface area contributed by atoms with Gasteiger partial charge in [-0.25, -0.2) is 12.8 Å². The van der Waals surface area contributed by atoms with Crippen molar-refractivity contribution in [3.8, 4) is 0 Å². The fraction of sp³-hybridized carbons (Fsp3) is 0.294. The van der Waals surface area contributed by atoms with Crippen LogP contribution >= 0.6 is 11.3 Å². The molecule has 0 spiro atoms. The zero-order valence-corrected chi connectivity index (χ0v) is 15.7. The molecular weight excluding hydrogens is 379 g/mol. The van der Waals surface area contributed by atoms with Gasteiger partial charge in [0.1, 0.15) is 15.3 Å². The van der Waals surface area contributed by atoms with Crippen molar-refractivity contribution in [2.75, 3.05) is 13.1 Å². The third-order valence-corrected chi connectivity index (χ3v) is 7.11. The molecule has 2 rings (SSSR count). The average molecular weight is 398 g/mol. The molecular formula is C17H19FN2O4S2. The number of hydrogen-bond donors (Lipinski definition) is 2. The van der Waals surface area contributed by atoms with E-state index in [9.17, 15) is 22.4 Å². The van der Waals surface area contributed by atoms with E-state index in [4.69, 9.17) is 0 Å². The first-order chi connectivity index (χ1) is 12.4. The van der Waals surface area contributed by atoms with Crippen molar-refractivity contribution in [3.05, 3.63) is 53.2 Å². The Labute approximate surface area is 155 Å². The van der Waals surface area contributed by atoms with Gasteiger partial charge in [-0.05, 0) is 35.6 Å². The highest BCUT2D eigenvalue weighted by molar-refractivity contribution is 7.93. The van der Waals surface area contributed by atoms with Crippen LogP contribution in [-0.4, -0.2) is 33.3 Å². The molecule has 6 nitrogen and oxygen atoms in total. The predicted octanol–water partition coefficient (Wildman–Crippen LogP) is 2.04. The molecule has 0 saturated heterocycles. The second-order valence-corrected chi connectivity index (χ2v) is 8.79. The number of carbonyl (C=O) groups is 2. The smallest absolute Gasteiger partial charge is 0.309 e. The molecule has 2 aromatic rings. The summed E-state index contributed by atoms with van der Waals surface area (Å²) in [4.78, 5) is 23.5. The van der Waals surface area contributed by atoms with Crippen LogP contribution in [0.4, 0.5) is 4.39 Å². The first-order valence-corrected chi connectivity index (χ1v) is 10.4. The van der Waals surface area contributed by atoms with Crippen molar-refractivity contribution in [2.45, 2.75) is 22.8 Å². The van der Waals surface area contributed by atoms with Gasteiger partial charge in [0, 0.05) is 13.1 Å². The molecule has 0 aliphatic carbocycles. The Balaban J connectivity index is 2.23. The quantitative estimate of drug-likeness (QED) is 0.698. The summed E-state index contributed by atoms with van der Waals surface area (Å²) in [6.07, 6.45) is 0.671. The Bertz CT molecular complexity index is 849. The maximum atomic E-state index is 13.2. The molecule has 1 aromatic carbocycles. The third-order valence-electron chi connectivity index (χ3n) is 3.58. The molecule has 26 heavy (non-hydrogen) atoms. The third kappa shape index (κ3) is 4.89. The van der Waals surface area contributed by atoms with E-state index < -0.39 is 32.7 Å². The molecule has 0 bridgehead atoms. The Morgan fingerprint density at radius 2 is 1.77 bits per heavy atom. The molecule has 0 aliphatic rings. The minimum Gasteiger partial charge on any atom is -0.348 e. The van der Waals surface area contributed by atoms with E-state index in [1.54, 1.807) is 11.4 Å². The molecule has 1 heterocycles. The molecule has 0 unspecified atom stereocenters. The number of thiophene rings is 1. The van der Waals surface area contributed by atoms with Crippen LogP contribution in [0.25, 0.3) is 0 Å². The number of hydrogen-bond acceptors (Lipinski definition) is 5. The van der Waals surface area contributed by atoms with E-state index in [0.717, 1.165) is 23.5 Å². The van der Waals surface area contributed by atoms with E-state index in [1.807, 2.05) is 6.92 Å². The summed E-state index contributed by atoms with van der Waals surface area (Å²) in [5, 5.41) is 5.27. The predicted molar refractivity (Wildman–Crippen MR) is 97.0 cm³/mol. The highest BCUT2D eigenvalue weighted by atomic mass is 32.2. The lowest BCUT2D eigenvalue weighted by Gasteiger charge is -2.18. The fourth-order valence-corrected chi connectivity index (χ4v) is 5.10. The molecule has 0 aliphatic heterocycles. The van der Waals surface area contributed by atoms with Gasteiger partial charge < -0.3 is 10.6 Å². The summed E-state index contributed by atoms with van der Waals surface area (Å²) < 4.78 is 39.1. The van der Waals surface area contributed by atoms with Gasteiger partial charge in [-0.3, -0.25) is 9.59 Å². The summed E-state index contributed by atoms with van der Waals surface area (Å²) in [6, 6.07) is 8.09. The molecule has 2 N–H and O–H groups in total. The van der Waals surface area contributed by atoms with Gasteiger partial charge in [0.2, 0.25) is 0 Å². The Hall–Kier alpha value is -2.26. The lowest BCUT2D eigenvalue weighted by Crippen LogP contribution is -2.42. The minimum atomic E-state index is -3.81. The van der Waals surface area contributed by atoms with E-state index in [0.29, 0.717) is 18.5 Å². The number of nitrogens with one attached hydrogen (secondary N) is 2. The summed E-state index contributed by atoms with van der Waals surface area (Å²) in [6.45, 7) is 1.89. The molecule has 0 saturated carbocycles. The van der Waals surface area contributed by atoms with Crippen molar-refractivity contribution in [2.24, 2.45) is 0 Å². The van der Waals surface area contributed by atoms with Gasteiger partial charge in [-0.15, -0.1) is 11.3 Å². The molecule has 9 heteroatoms.